The maximum absolute atomic E-state index is 13.5. The first-order chi connectivity index (χ1) is 20.8. The van der Waals surface area contributed by atoms with E-state index in [4.69, 9.17) is 19.3 Å². The predicted octanol–water partition coefficient (Wildman–Crippen LogP) is 1.63. The van der Waals surface area contributed by atoms with E-state index in [1.54, 1.807) is 22.7 Å². The molecule has 2 saturated carbocycles. The third-order valence-corrected chi connectivity index (χ3v) is 12.2. The molecule has 0 radical (unpaired) electrons. The molecular weight excluding hydrogens is 598 g/mol. The van der Waals surface area contributed by atoms with Gasteiger partial charge in [0.25, 0.3) is 5.91 Å². The minimum absolute atomic E-state index is 0.00857. The Balaban J connectivity index is 1.19. The Labute approximate surface area is 254 Å². The van der Waals surface area contributed by atoms with Gasteiger partial charge in [-0.3, -0.25) is 28.9 Å². The monoisotopic (exact) mass is 629 g/mol. The van der Waals surface area contributed by atoms with Gasteiger partial charge in [0.2, 0.25) is 11.8 Å². The molecule has 6 unspecified atom stereocenters. The maximum atomic E-state index is 13.5. The number of amides is 3. The number of likely N-dealkylation sites (tertiary alicyclic amines) is 1. The summed E-state index contributed by atoms with van der Waals surface area (Å²) in [6, 6.07) is 5.58. The van der Waals surface area contributed by atoms with Crippen molar-refractivity contribution in [2.45, 2.75) is 29.0 Å². The summed E-state index contributed by atoms with van der Waals surface area (Å²) in [4.78, 5) is 69.9. The van der Waals surface area contributed by atoms with Crippen molar-refractivity contribution in [1.29, 1.82) is 0 Å². The summed E-state index contributed by atoms with van der Waals surface area (Å²) in [5.74, 6) is -2.13. The number of aromatic amines is 1. The van der Waals surface area contributed by atoms with Crippen LogP contribution in [0.1, 0.15) is 29.2 Å². The Morgan fingerprint density at radius 3 is 2.56 bits per heavy atom. The van der Waals surface area contributed by atoms with Crippen molar-refractivity contribution in [3.8, 4) is 11.5 Å². The Hall–Kier alpha value is -3.36. The van der Waals surface area contributed by atoms with Crippen molar-refractivity contribution in [2.24, 2.45) is 29.6 Å². The maximum Gasteiger partial charge on any atom is 0.305 e. The van der Waals surface area contributed by atoms with E-state index in [1.807, 2.05) is 12.1 Å². The van der Waals surface area contributed by atoms with Gasteiger partial charge in [0.1, 0.15) is 0 Å². The van der Waals surface area contributed by atoms with Gasteiger partial charge in [0.05, 0.1) is 43.6 Å². The molecule has 7 rings (SSSR count). The van der Waals surface area contributed by atoms with Crippen LogP contribution in [0.5, 0.6) is 11.5 Å². The summed E-state index contributed by atoms with van der Waals surface area (Å²) in [5, 5.41) is 9.96. The Morgan fingerprint density at radius 2 is 1.84 bits per heavy atom. The molecule has 3 amide bonds. The van der Waals surface area contributed by atoms with Crippen molar-refractivity contribution in [3.63, 3.8) is 0 Å². The number of thiazole rings is 1. The number of carbonyl (C=O) groups is 4. The van der Waals surface area contributed by atoms with E-state index in [9.17, 15) is 24.0 Å². The van der Waals surface area contributed by atoms with Crippen molar-refractivity contribution in [2.75, 3.05) is 46.6 Å². The number of nitrogens with one attached hydrogen (secondary N) is 1. The van der Waals surface area contributed by atoms with Gasteiger partial charge in [-0.2, -0.15) is 0 Å². The van der Waals surface area contributed by atoms with E-state index in [0.717, 1.165) is 38.1 Å². The molecule has 14 heteroatoms. The molecule has 1 aromatic heterocycles. The second-order valence-corrected chi connectivity index (χ2v) is 13.8. The summed E-state index contributed by atoms with van der Waals surface area (Å²) in [6.07, 6.45) is 0.459. The van der Waals surface area contributed by atoms with Crippen LogP contribution in [0.25, 0.3) is 0 Å². The highest BCUT2D eigenvalue weighted by Gasteiger charge is 2.69. The number of ether oxygens (including phenoxy) is 3. The molecule has 2 aromatic rings. The minimum Gasteiger partial charge on any atom is -0.493 e. The normalized spacial score (nSPS) is 30.7. The highest BCUT2D eigenvalue weighted by atomic mass is 32.2. The number of hydrogen-bond donors (Lipinski definition) is 2. The van der Waals surface area contributed by atoms with E-state index in [0.29, 0.717) is 37.8 Å². The van der Waals surface area contributed by atoms with Crippen LogP contribution in [-0.4, -0.2) is 95.4 Å². The second-order valence-electron chi connectivity index (χ2n) is 11.6. The molecule has 5 aliphatic rings. The molecule has 2 bridgehead atoms. The Bertz CT molecular complexity index is 1550. The molecule has 3 aliphatic heterocycles. The lowest BCUT2D eigenvalue weighted by Crippen LogP contribution is -2.43. The molecule has 0 spiro atoms. The van der Waals surface area contributed by atoms with E-state index in [1.165, 1.54) is 7.11 Å². The van der Waals surface area contributed by atoms with Crippen molar-refractivity contribution in [1.82, 2.24) is 14.8 Å². The molecule has 4 fully saturated rings. The fraction of sp³-hybridized carbons (Fsp3) is 0.552. The van der Waals surface area contributed by atoms with Crippen LogP contribution in [0, 0.1) is 29.6 Å². The van der Waals surface area contributed by atoms with E-state index >= 15 is 0 Å². The number of rotatable bonds is 8. The van der Waals surface area contributed by atoms with Gasteiger partial charge in [-0.1, -0.05) is 17.4 Å². The number of imide groups is 1. The number of benzene rings is 1. The average Bonchev–Trinajstić information content (AvgIpc) is 3.74. The summed E-state index contributed by atoms with van der Waals surface area (Å²) in [7, 11) is 1.53. The number of fused-ring (bicyclic) bond motifs is 9. The Morgan fingerprint density at radius 1 is 1.09 bits per heavy atom. The first kappa shape index (κ1) is 28.4. The van der Waals surface area contributed by atoms with Crippen LogP contribution in [0.2, 0.25) is 0 Å². The highest BCUT2D eigenvalue weighted by Crippen LogP contribution is 2.68. The second kappa shape index (κ2) is 11.0. The summed E-state index contributed by atoms with van der Waals surface area (Å²) in [6.45, 7) is 1.81. The van der Waals surface area contributed by atoms with Gasteiger partial charge in [-0.15, -0.1) is 11.8 Å². The van der Waals surface area contributed by atoms with Crippen LogP contribution in [-0.2, 0) is 23.9 Å². The third-order valence-electron chi connectivity index (χ3n) is 9.63. The summed E-state index contributed by atoms with van der Waals surface area (Å²) >= 11 is 2.75. The van der Waals surface area contributed by atoms with Crippen LogP contribution < -0.4 is 14.3 Å². The van der Waals surface area contributed by atoms with Gasteiger partial charge < -0.3 is 29.2 Å². The van der Waals surface area contributed by atoms with Crippen molar-refractivity contribution in [3.05, 3.63) is 38.3 Å². The molecule has 43 heavy (non-hydrogen) atoms. The average molecular weight is 630 g/mol. The zero-order chi connectivity index (χ0) is 30.0. The fourth-order valence-corrected chi connectivity index (χ4v) is 10.8. The SMILES string of the molecule is COc1cc([C@H]2c3sc(=O)[nH]c3SC3C4CC(C5C(=O)N(CCC(=O)O)C(=O)C45)C32)ccc1OCC(=O)N1CCOCC1. The van der Waals surface area contributed by atoms with Crippen LogP contribution in [0.4, 0.5) is 0 Å². The largest absolute Gasteiger partial charge is 0.493 e. The lowest BCUT2D eigenvalue weighted by atomic mass is 9.68. The van der Waals surface area contributed by atoms with Crippen LogP contribution in [0.15, 0.2) is 28.0 Å². The van der Waals surface area contributed by atoms with E-state index in [-0.39, 0.29) is 71.1 Å². The number of aliphatic carboxylic acids is 1. The molecule has 4 heterocycles. The van der Waals surface area contributed by atoms with E-state index < -0.39 is 17.8 Å². The van der Waals surface area contributed by atoms with Crippen LogP contribution >= 0.6 is 23.1 Å². The smallest absolute Gasteiger partial charge is 0.305 e. The zero-order valence-corrected chi connectivity index (χ0v) is 25.0. The number of H-pyrrole nitrogens is 1. The lowest BCUT2D eigenvalue weighted by molar-refractivity contribution is -0.143. The number of aromatic nitrogens is 1. The number of carboxylic acid groups (broad SMARTS) is 1. The topological polar surface area (TPSA) is 156 Å². The number of hydrogen-bond acceptors (Lipinski definition) is 10. The molecular formula is C29H31N3O9S2. The fourth-order valence-electron chi connectivity index (χ4n) is 7.92. The number of nitrogens with zero attached hydrogens (tertiary/aromatic N) is 2. The highest BCUT2D eigenvalue weighted by molar-refractivity contribution is 8.00. The van der Waals surface area contributed by atoms with Crippen molar-refractivity contribution >= 4 is 46.8 Å². The third kappa shape index (κ3) is 4.65. The summed E-state index contributed by atoms with van der Waals surface area (Å²) in [5.41, 5.74) is 0.902. The molecule has 12 nitrogen and oxygen atoms in total. The van der Waals surface area contributed by atoms with Crippen LogP contribution in [0.3, 0.4) is 0 Å². The Kier molecular flexibility index (Phi) is 7.25. The number of thioether (sulfide) groups is 1. The first-order valence-corrected chi connectivity index (χ1v) is 16.1. The van der Waals surface area contributed by atoms with Gasteiger partial charge in [-0.05, 0) is 41.9 Å². The van der Waals surface area contributed by atoms with E-state index in [2.05, 4.69) is 4.98 Å². The molecule has 1 aromatic carbocycles. The number of morpholine rings is 1. The molecule has 7 atom stereocenters. The number of methoxy groups -OCH3 is 1. The standard InChI is InChI=1S/C29H31N3O9S2/c1-39-17-10-13(2-3-16(17)41-12-18(33)31-6-8-40-9-7-31)20-21-14-11-15(24(21)42-26-25(20)43-29(38)30-26)23-22(14)27(36)32(28(23)37)5-4-19(34)35/h2-3,10,14-15,20-24H,4-9,11-12H2,1H3,(H,30,38)(H,34,35)/t14?,15?,20-,21?,22?,23?,24?/m1/s1. The predicted molar refractivity (Wildman–Crippen MR) is 153 cm³/mol. The lowest BCUT2D eigenvalue weighted by Gasteiger charge is -2.43. The van der Waals surface area contributed by atoms with Gasteiger partial charge in [0, 0.05) is 35.7 Å². The van der Waals surface area contributed by atoms with Gasteiger partial charge in [-0.25, -0.2) is 0 Å². The van der Waals surface area contributed by atoms with Gasteiger partial charge in [0.15, 0.2) is 18.1 Å². The van der Waals surface area contributed by atoms with Gasteiger partial charge >= 0.3 is 10.8 Å². The van der Waals surface area contributed by atoms with Crippen molar-refractivity contribution < 1.29 is 38.5 Å². The quantitative estimate of drug-likeness (QED) is 0.412. The molecule has 2 saturated heterocycles. The number of carboxylic acids is 1. The molecule has 2 N–H and O–H groups in total. The molecule has 2 aliphatic carbocycles. The summed E-state index contributed by atoms with van der Waals surface area (Å²) < 4.78 is 16.9. The first-order valence-electron chi connectivity index (χ1n) is 14.4. The molecule has 228 valence electrons. The number of carbonyl (C=O) groups excluding carboxylic acids is 3. The minimum atomic E-state index is -1.05. The zero-order valence-electron chi connectivity index (χ0n) is 23.4.